The van der Waals surface area contributed by atoms with E-state index in [0.717, 1.165) is 25.7 Å². The molecule has 1 aromatic heterocycles. The monoisotopic (exact) mass is 321 g/mol. The molecular weight excluding hydrogens is 303 g/mol. The highest BCUT2D eigenvalue weighted by atomic mass is 19.4. The van der Waals surface area contributed by atoms with Crippen LogP contribution >= 0.6 is 0 Å². The topological polar surface area (TPSA) is 19.4 Å². The highest BCUT2D eigenvalue weighted by molar-refractivity contribution is 5.40. The first-order valence-electron chi connectivity index (χ1n) is 7.58. The average Bonchev–Trinajstić information content (AvgIpc) is 2.56. The second kappa shape index (κ2) is 6.58. The van der Waals surface area contributed by atoms with E-state index in [4.69, 9.17) is 0 Å². The summed E-state index contributed by atoms with van der Waals surface area (Å²) in [6.07, 6.45) is -4.40. The van der Waals surface area contributed by atoms with Crippen LogP contribution in [-0.2, 0) is 12.7 Å². The lowest BCUT2D eigenvalue weighted by Gasteiger charge is -2.35. The van der Waals surface area contributed by atoms with E-state index in [1.165, 1.54) is 11.6 Å². The van der Waals surface area contributed by atoms with Crippen LogP contribution in [-0.4, -0.2) is 36.1 Å². The van der Waals surface area contributed by atoms with Crippen molar-refractivity contribution in [3.05, 3.63) is 59.8 Å². The first-order chi connectivity index (χ1) is 11.0. The zero-order chi connectivity index (χ0) is 16.3. The Morgan fingerprint density at radius 1 is 0.870 bits per heavy atom. The first-order valence-corrected chi connectivity index (χ1v) is 7.58. The molecule has 2 aromatic rings. The summed E-state index contributed by atoms with van der Waals surface area (Å²) in [5, 5.41) is 0. The maximum absolute atomic E-state index is 12.8. The summed E-state index contributed by atoms with van der Waals surface area (Å²) in [5.74, 6) is 0.402. The summed E-state index contributed by atoms with van der Waals surface area (Å²) in [7, 11) is 0. The van der Waals surface area contributed by atoms with Gasteiger partial charge in [0.05, 0.1) is 0 Å². The van der Waals surface area contributed by atoms with Crippen molar-refractivity contribution in [3.8, 4) is 0 Å². The summed E-state index contributed by atoms with van der Waals surface area (Å²) < 4.78 is 38.3. The predicted octanol–water partition coefficient (Wildman–Crippen LogP) is 3.42. The van der Waals surface area contributed by atoms with Gasteiger partial charge in [-0.15, -0.1) is 0 Å². The van der Waals surface area contributed by atoms with Gasteiger partial charge in [0.2, 0.25) is 0 Å². The molecule has 0 radical (unpaired) electrons. The Bertz CT molecular complexity index is 635. The van der Waals surface area contributed by atoms with Crippen LogP contribution in [0.15, 0.2) is 48.5 Å². The van der Waals surface area contributed by atoms with Crippen LogP contribution in [0.1, 0.15) is 11.3 Å². The van der Waals surface area contributed by atoms with Crippen molar-refractivity contribution in [1.82, 2.24) is 9.88 Å². The van der Waals surface area contributed by atoms with Crippen molar-refractivity contribution in [2.24, 2.45) is 0 Å². The number of pyridine rings is 1. The largest absolute Gasteiger partial charge is 0.433 e. The van der Waals surface area contributed by atoms with Gasteiger partial charge in [0.25, 0.3) is 0 Å². The van der Waals surface area contributed by atoms with E-state index >= 15 is 0 Å². The molecule has 0 amide bonds. The smallest absolute Gasteiger partial charge is 0.354 e. The number of rotatable bonds is 3. The first kappa shape index (κ1) is 15.8. The molecule has 0 atom stereocenters. The summed E-state index contributed by atoms with van der Waals surface area (Å²) >= 11 is 0. The van der Waals surface area contributed by atoms with Crippen LogP contribution in [0.5, 0.6) is 0 Å². The third-order valence-electron chi connectivity index (χ3n) is 3.97. The Balaban J connectivity index is 1.61. The summed E-state index contributed by atoms with van der Waals surface area (Å²) in [6.45, 7) is 3.85. The second-order valence-electron chi connectivity index (χ2n) is 5.63. The number of anilines is 1. The van der Waals surface area contributed by atoms with Gasteiger partial charge in [0.1, 0.15) is 11.5 Å². The van der Waals surface area contributed by atoms with Crippen molar-refractivity contribution in [3.63, 3.8) is 0 Å². The maximum atomic E-state index is 12.8. The van der Waals surface area contributed by atoms with Gasteiger partial charge < -0.3 is 4.90 Å². The number of hydrogen-bond donors (Lipinski definition) is 0. The lowest BCUT2D eigenvalue weighted by atomic mass is 10.2. The molecule has 3 nitrogen and oxygen atoms in total. The van der Waals surface area contributed by atoms with E-state index in [0.29, 0.717) is 18.9 Å². The molecule has 1 fully saturated rings. The fourth-order valence-electron chi connectivity index (χ4n) is 2.73. The molecule has 0 bridgehead atoms. The van der Waals surface area contributed by atoms with E-state index in [1.54, 1.807) is 6.07 Å². The van der Waals surface area contributed by atoms with Crippen LogP contribution < -0.4 is 4.90 Å². The number of halogens is 3. The van der Waals surface area contributed by atoms with E-state index < -0.39 is 11.9 Å². The number of benzene rings is 1. The van der Waals surface area contributed by atoms with Gasteiger partial charge >= 0.3 is 6.18 Å². The molecule has 1 aromatic carbocycles. The van der Waals surface area contributed by atoms with Crippen LogP contribution in [0.4, 0.5) is 19.0 Å². The minimum Gasteiger partial charge on any atom is -0.354 e. The Morgan fingerprint density at radius 2 is 1.57 bits per heavy atom. The van der Waals surface area contributed by atoms with Crippen molar-refractivity contribution in [2.45, 2.75) is 12.7 Å². The van der Waals surface area contributed by atoms with Gasteiger partial charge in [-0.05, 0) is 17.7 Å². The fourth-order valence-corrected chi connectivity index (χ4v) is 2.73. The number of piperazine rings is 1. The quantitative estimate of drug-likeness (QED) is 0.863. The van der Waals surface area contributed by atoms with Crippen molar-refractivity contribution < 1.29 is 13.2 Å². The SMILES string of the molecule is FC(F)(F)c1cccc(N2CCN(Cc3ccccc3)CC2)n1. The van der Waals surface area contributed by atoms with Gasteiger partial charge in [-0.25, -0.2) is 4.98 Å². The lowest BCUT2D eigenvalue weighted by molar-refractivity contribution is -0.141. The minimum absolute atomic E-state index is 0.402. The van der Waals surface area contributed by atoms with E-state index in [1.807, 2.05) is 23.1 Å². The van der Waals surface area contributed by atoms with E-state index in [-0.39, 0.29) is 0 Å². The normalized spacial score (nSPS) is 16.6. The fraction of sp³-hybridized carbons (Fsp3) is 0.353. The van der Waals surface area contributed by atoms with Gasteiger partial charge in [-0.3, -0.25) is 4.90 Å². The highest BCUT2D eigenvalue weighted by Crippen LogP contribution is 2.29. The Hall–Kier alpha value is -2.08. The van der Waals surface area contributed by atoms with Crippen molar-refractivity contribution >= 4 is 5.82 Å². The number of alkyl halides is 3. The molecule has 0 saturated carbocycles. The minimum atomic E-state index is -4.40. The number of nitrogens with zero attached hydrogens (tertiary/aromatic N) is 3. The standard InChI is InChI=1S/C17H18F3N3/c18-17(19,20)15-7-4-8-16(21-15)23-11-9-22(10-12-23)13-14-5-2-1-3-6-14/h1-8H,9-13H2. The molecular formula is C17H18F3N3. The molecule has 1 aliphatic heterocycles. The zero-order valence-electron chi connectivity index (χ0n) is 12.6. The predicted molar refractivity (Wildman–Crippen MR) is 83.2 cm³/mol. The van der Waals surface area contributed by atoms with Gasteiger partial charge in [-0.2, -0.15) is 13.2 Å². The molecule has 2 heterocycles. The molecule has 1 saturated heterocycles. The van der Waals surface area contributed by atoms with Crippen LogP contribution in [0.3, 0.4) is 0 Å². The summed E-state index contributed by atoms with van der Waals surface area (Å²) in [6, 6.07) is 14.2. The molecule has 122 valence electrons. The third-order valence-corrected chi connectivity index (χ3v) is 3.97. The maximum Gasteiger partial charge on any atom is 0.433 e. The molecule has 6 heteroatoms. The number of aromatic nitrogens is 1. The average molecular weight is 321 g/mol. The van der Waals surface area contributed by atoms with Crippen molar-refractivity contribution in [2.75, 3.05) is 31.1 Å². The Morgan fingerprint density at radius 3 is 2.22 bits per heavy atom. The molecule has 0 N–H and O–H groups in total. The molecule has 0 unspecified atom stereocenters. The van der Waals surface area contributed by atoms with E-state index in [2.05, 4.69) is 22.0 Å². The Kier molecular flexibility index (Phi) is 4.52. The van der Waals surface area contributed by atoms with Crippen LogP contribution in [0.25, 0.3) is 0 Å². The van der Waals surface area contributed by atoms with Gasteiger partial charge in [0.15, 0.2) is 0 Å². The molecule has 1 aliphatic rings. The molecule has 3 rings (SSSR count). The zero-order valence-corrected chi connectivity index (χ0v) is 12.6. The third kappa shape index (κ3) is 4.01. The van der Waals surface area contributed by atoms with Gasteiger partial charge in [-0.1, -0.05) is 36.4 Å². The molecule has 0 spiro atoms. The van der Waals surface area contributed by atoms with Crippen LogP contribution in [0.2, 0.25) is 0 Å². The summed E-state index contributed by atoms with van der Waals surface area (Å²) in [5.41, 5.74) is 0.417. The number of hydrogen-bond acceptors (Lipinski definition) is 3. The highest BCUT2D eigenvalue weighted by Gasteiger charge is 2.33. The molecule has 0 aliphatic carbocycles. The molecule has 23 heavy (non-hydrogen) atoms. The van der Waals surface area contributed by atoms with E-state index in [9.17, 15) is 13.2 Å². The summed E-state index contributed by atoms with van der Waals surface area (Å²) in [4.78, 5) is 7.98. The van der Waals surface area contributed by atoms with Crippen molar-refractivity contribution in [1.29, 1.82) is 0 Å². The Labute approximate surface area is 133 Å². The lowest BCUT2D eigenvalue weighted by Crippen LogP contribution is -2.46. The second-order valence-corrected chi connectivity index (χ2v) is 5.63. The van der Waals surface area contributed by atoms with Gasteiger partial charge in [0, 0.05) is 32.7 Å². The van der Waals surface area contributed by atoms with Crippen LogP contribution in [0, 0.1) is 0 Å².